The van der Waals surface area contributed by atoms with Gasteiger partial charge in [-0.1, -0.05) is 19.1 Å². The van der Waals surface area contributed by atoms with Crippen LogP contribution in [0, 0.1) is 9.49 Å². The lowest BCUT2D eigenvalue weighted by atomic mass is 9.94. The molecule has 0 spiro atoms. The minimum Gasteiger partial charge on any atom is -0.370 e. The fourth-order valence-corrected chi connectivity index (χ4v) is 2.82. The zero-order valence-corrected chi connectivity index (χ0v) is 11.1. The van der Waals surface area contributed by atoms with Crippen molar-refractivity contribution in [1.82, 2.24) is 0 Å². The van der Waals surface area contributed by atoms with Crippen LogP contribution in [0.4, 0.5) is 5.69 Å². The largest absolute Gasteiger partial charge is 0.370 e. The van der Waals surface area contributed by atoms with Crippen LogP contribution in [0.5, 0.6) is 0 Å². The second-order valence-corrected chi connectivity index (χ2v) is 5.49. The smallest absolute Gasteiger partial charge is 0.0501 e. The molecular formula is C12H17IN2. The van der Waals surface area contributed by atoms with Gasteiger partial charge in [0.25, 0.3) is 0 Å². The molecule has 2 nitrogen and oxygen atoms in total. The van der Waals surface area contributed by atoms with Gasteiger partial charge in [0.1, 0.15) is 0 Å². The summed E-state index contributed by atoms with van der Waals surface area (Å²) >= 11 is 2.40. The predicted molar refractivity (Wildman–Crippen MR) is 73.1 cm³/mol. The summed E-state index contributed by atoms with van der Waals surface area (Å²) in [7, 11) is 0. The summed E-state index contributed by atoms with van der Waals surface area (Å²) in [6.07, 6.45) is 1.10. The Morgan fingerprint density at radius 3 is 2.80 bits per heavy atom. The van der Waals surface area contributed by atoms with Crippen molar-refractivity contribution in [2.45, 2.75) is 19.4 Å². The van der Waals surface area contributed by atoms with Gasteiger partial charge in [0.15, 0.2) is 0 Å². The van der Waals surface area contributed by atoms with Crippen LogP contribution in [0.1, 0.15) is 13.3 Å². The molecule has 3 heteroatoms. The molecule has 1 aromatic rings. The molecule has 2 N–H and O–H groups in total. The van der Waals surface area contributed by atoms with Gasteiger partial charge >= 0.3 is 0 Å². The van der Waals surface area contributed by atoms with Gasteiger partial charge in [0, 0.05) is 22.7 Å². The van der Waals surface area contributed by atoms with E-state index in [-0.39, 0.29) is 0 Å². The third kappa shape index (κ3) is 2.45. The monoisotopic (exact) mass is 316 g/mol. The first kappa shape index (κ1) is 11.2. The number of anilines is 1. The van der Waals surface area contributed by atoms with Crippen LogP contribution in [0.2, 0.25) is 0 Å². The van der Waals surface area contributed by atoms with E-state index in [9.17, 15) is 0 Å². The molecule has 1 aromatic carbocycles. The van der Waals surface area contributed by atoms with Gasteiger partial charge in [0.05, 0.1) is 5.69 Å². The third-order valence-corrected chi connectivity index (χ3v) is 4.08. The van der Waals surface area contributed by atoms with Gasteiger partial charge in [-0.3, -0.25) is 0 Å². The second-order valence-electron chi connectivity index (χ2n) is 4.33. The molecule has 1 aliphatic heterocycles. The van der Waals surface area contributed by atoms with E-state index in [1.54, 1.807) is 0 Å². The Labute approximate surface area is 105 Å². The number of nitrogens with two attached hydrogens (primary N) is 1. The number of rotatable bonds is 1. The van der Waals surface area contributed by atoms with Crippen molar-refractivity contribution in [2.75, 3.05) is 18.0 Å². The Morgan fingerprint density at radius 1 is 1.40 bits per heavy atom. The van der Waals surface area contributed by atoms with Gasteiger partial charge < -0.3 is 10.6 Å². The Morgan fingerprint density at radius 2 is 2.13 bits per heavy atom. The van der Waals surface area contributed by atoms with Crippen LogP contribution < -0.4 is 10.6 Å². The van der Waals surface area contributed by atoms with Crippen LogP contribution in [0.3, 0.4) is 0 Å². The molecule has 1 fully saturated rings. The molecule has 1 saturated heterocycles. The lowest BCUT2D eigenvalue weighted by molar-refractivity contribution is 0.382. The highest BCUT2D eigenvalue weighted by Gasteiger charge is 2.23. The Hall–Kier alpha value is -0.290. The Bertz CT molecular complexity index is 340. The normalized spacial score (nSPS) is 26.7. The van der Waals surface area contributed by atoms with Gasteiger partial charge in [-0.05, 0) is 47.1 Å². The molecule has 0 radical (unpaired) electrons. The average Bonchev–Trinajstić information content (AvgIpc) is 2.23. The lowest BCUT2D eigenvalue weighted by Crippen LogP contribution is -2.46. The zero-order valence-electron chi connectivity index (χ0n) is 8.99. The van der Waals surface area contributed by atoms with Crippen LogP contribution in [0.25, 0.3) is 0 Å². The van der Waals surface area contributed by atoms with Crippen LogP contribution in [-0.2, 0) is 0 Å². The molecule has 2 rings (SSSR count). The molecular weight excluding hydrogens is 299 g/mol. The number of piperidine rings is 1. The molecule has 1 heterocycles. The number of benzene rings is 1. The van der Waals surface area contributed by atoms with E-state index in [4.69, 9.17) is 5.73 Å². The first-order valence-electron chi connectivity index (χ1n) is 5.43. The summed E-state index contributed by atoms with van der Waals surface area (Å²) < 4.78 is 1.33. The maximum atomic E-state index is 6.03. The van der Waals surface area contributed by atoms with Crippen molar-refractivity contribution in [1.29, 1.82) is 0 Å². The first-order valence-corrected chi connectivity index (χ1v) is 6.51. The van der Waals surface area contributed by atoms with E-state index in [0.717, 1.165) is 19.5 Å². The minimum atomic E-state index is 0.377. The van der Waals surface area contributed by atoms with Crippen molar-refractivity contribution >= 4 is 28.3 Å². The van der Waals surface area contributed by atoms with Crippen molar-refractivity contribution < 1.29 is 0 Å². The molecule has 2 unspecified atom stereocenters. The molecule has 0 aliphatic carbocycles. The second kappa shape index (κ2) is 4.70. The van der Waals surface area contributed by atoms with Crippen LogP contribution in [-0.4, -0.2) is 19.1 Å². The van der Waals surface area contributed by atoms with E-state index in [2.05, 4.69) is 58.7 Å². The number of hydrogen-bond acceptors (Lipinski definition) is 2. The summed E-state index contributed by atoms with van der Waals surface area (Å²) in [4.78, 5) is 2.45. The molecule has 15 heavy (non-hydrogen) atoms. The molecule has 2 atom stereocenters. The standard InChI is InChI=1S/C12H17IN2/c1-9-8-15(7-6-11(9)14)12-5-3-2-4-10(12)13/h2-5,9,11H,6-8,14H2,1H3. The fourth-order valence-electron chi connectivity index (χ4n) is 2.09. The average molecular weight is 316 g/mol. The molecule has 0 bridgehead atoms. The minimum absolute atomic E-state index is 0.377. The van der Waals surface area contributed by atoms with Crippen molar-refractivity contribution in [2.24, 2.45) is 11.7 Å². The van der Waals surface area contributed by atoms with Gasteiger partial charge in [-0.25, -0.2) is 0 Å². The topological polar surface area (TPSA) is 29.3 Å². The maximum Gasteiger partial charge on any atom is 0.0501 e. The van der Waals surface area contributed by atoms with Crippen LogP contribution in [0.15, 0.2) is 24.3 Å². The summed E-state index contributed by atoms with van der Waals surface area (Å²) in [6, 6.07) is 8.93. The molecule has 1 aliphatic rings. The zero-order chi connectivity index (χ0) is 10.8. The summed E-state index contributed by atoms with van der Waals surface area (Å²) in [5.41, 5.74) is 7.39. The molecule has 0 amide bonds. The van der Waals surface area contributed by atoms with Crippen molar-refractivity contribution in [3.8, 4) is 0 Å². The lowest BCUT2D eigenvalue weighted by Gasteiger charge is -2.37. The maximum absolute atomic E-state index is 6.03. The van der Waals surface area contributed by atoms with Gasteiger partial charge in [-0.15, -0.1) is 0 Å². The van der Waals surface area contributed by atoms with Crippen LogP contribution >= 0.6 is 22.6 Å². The predicted octanol–water partition coefficient (Wildman–Crippen LogP) is 2.46. The van der Waals surface area contributed by atoms with Gasteiger partial charge in [0.2, 0.25) is 0 Å². The highest BCUT2D eigenvalue weighted by Crippen LogP contribution is 2.26. The Kier molecular flexibility index (Phi) is 3.51. The quantitative estimate of drug-likeness (QED) is 0.807. The highest BCUT2D eigenvalue weighted by atomic mass is 127. The molecule has 82 valence electrons. The van der Waals surface area contributed by atoms with E-state index in [1.165, 1.54) is 9.26 Å². The third-order valence-electron chi connectivity index (χ3n) is 3.16. The summed E-state index contributed by atoms with van der Waals surface area (Å²) in [5.74, 6) is 0.592. The number of para-hydroxylation sites is 1. The van der Waals surface area contributed by atoms with Crippen molar-refractivity contribution in [3.05, 3.63) is 27.8 Å². The van der Waals surface area contributed by atoms with E-state index < -0.39 is 0 Å². The fraction of sp³-hybridized carbons (Fsp3) is 0.500. The summed E-state index contributed by atoms with van der Waals surface area (Å²) in [6.45, 7) is 4.42. The van der Waals surface area contributed by atoms with E-state index >= 15 is 0 Å². The van der Waals surface area contributed by atoms with Crippen molar-refractivity contribution in [3.63, 3.8) is 0 Å². The molecule has 0 saturated carbocycles. The SMILES string of the molecule is CC1CN(c2ccccc2I)CCC1N. The van der Waals surface area contributed by atoms with E-state index in [1.807, 2.05) is 0 Å². The Balaban J connectivity index is 2.15. The number of halogens is 1. The molecule has 0 aromatic heterocycles. The summed E-state index contributed by atoms with van der Waals surface area (Å²) in [5, 5.41) is 0. The van der Waals surface area contributed by atoms with Gasteiger partial charge in [-0.2, -0.15) is 0 Å². The number of hydrogen-bond donors (Lipinski definition) is 1. The van der Waals surface area contributed by atoms with E-state index in [0.29, 0.717) is 12.0 Å². The highest BCUT2D eigenvalue weighted by molar-refractivity contribution is 14.1. The first-order chi connectivity index (χ1) is 7.18. The number of nitrogens with zero attached hydrogens (tertiary/aromatic N) is 1.